The molecule has 2 heterocycles. The van der Waals surface area contributed by atoms with Crippen molar-refractivity contribution >= 4 is 11.8 Å². The van der Waals surface area contributed by atoms with Crippen molar-refractivity contribution in [1.82, 2.24) is 10.2 Å². The minimum atomic E-state index is -0.280. The summed E-state index contributed by atoms with van der Waals surface area (Å²) in [5.41, 5.74) is 5.34. The van der Waals surface area contributed by atoms with Crippen LogP contribution in [0.2, 0.25) is 0 Å². The first-order chi connectivity index (χ1) is 8.58. The molecule has 18 heavy (non-hydrogen) atoms. The lowest BCUT2D eigenvalue weighted by atomic mass is 9.92. The Bertz CT molecular complexity index is 332. The summed E-state index contributed by atoms with van der Waals surface area (Å²) in [7, 11) is 0. The Morgan fingerprint density at radius 1 is 1.33 bits per heavy atom. The highest BCUT2D eigenvalue weighted by molar-refractivity contribution is 5.83. The van der Waals surface area contributed by atoms with E-state index in [0.29, 0.717) is 12.5 Å². The van der Waals surface area contributed by atoms with Gasteiger partial charge in [-0.2, -0.15) is 0 Å². The maximum absolute atomic E-state index is 12.4. The minimum Gasteiger partial charge on any atom is -0.369 e. The molecular weight excluding hydrogens is 230 g/mol. The van der Waals surface area contributed by atoms with Crippen molar-refractivity contribution in [1.29, 1.82) is 0 Å². The van der Waals surface area contributed by atoms with Crippen LogP contribution in [0.4, 0.5) is 0 Å². The molecule has 2 saturated heterocycles. The predicted octanol–water partition coefficient (Wildman–Crippen LogP) is 0.0984. The zero-order chi connectivity index (χ0) is 13.1. The van der Waals surface area contributed by atoms with Gasteiger partial charge in [-0.3, -0.25) is 9.59 Å². The summed E-state index contributed by atoms with van der Waals surface area (Å²) in [6, 6.07) is -0.0691. The van der Waals surface area contributed by atoms with Gasteiger partial charge in [-0.1, -0.05) is 6.92 Å². The minimum absolute atomic E-state index is 0.0691. The van der Waals surface area contributed by atoms with E-state index in [-0.39, 0.29) is 23.8 Å². The number of hydrogen-bond acceptors (Lipinski definition) is 3. The Balaban J connectivity index is 1.93. The van der Waals surface area contributed by atoms with Gasteiger partial charge in [0.2, 0.25) is 11.8 Å². The number of carbonyl (C=O) groups excluding carboxylic acids is 2. The molecule has 2 rings (SSSR count). The first-order valence-corrected chi connectivity index (χ1v) is 6.89. The topological polar surface area (TPSA) is 75.4 Å². The van der Waals surface area contributed by atoms with Gasteiger partial charge in [-0.25, -0.2) is 0 Å². The van der Waals surface area contributed by atoms with Crippen molar-refractivity contribution in [3.05, 3.63) is 0 Å². The van der Waals surface area contributed by atoms with Gasteiger partial charge in [0.05, 0.1) is 12.0 Å². The molecular formula is C13H23N3O2. The van der Waals surface area contributed by atoms with Crippen molar-refractivity contribution in [2.45, 2.75) is 38.6 Å². The zero-order valence-corrected chi connectivity index (χ0v) is 11.0. The number of nitrogens with zero attached hydrogens (tertiary/aromatic N) is 1. The molecule has 2 aliphatic heterocycles. The van der Waals surface area contributed by atoms with E-state index in [2.05, 4.69) is 12.2 Å². The van der Waals surface area contributed by atoms with Gasteiger partial charge in [0.1, 0.15) is 0 Å². The number of nitrogens with two attached hydrogens (primary N) is 1. The molecule has 3 N–H and O–H groups in total. The molecule has 0 aromatic carbocycles. The number of amides is 2. The van der Waals surface area contributed by atoms with Crippen LogP contribution in [0.15, 0.2) is 0 Å². The Morgan fingerprint density at radius 3 is 2.78 bits per heavy atom. The fourth-order valence-corrected chi connectivity index (χ4v) is 2.93. The highest BCUT2D eigenvalue weighted by atomic mass is 16.2. The van der Waals surface area contributed by atoms with Crippen molar-refractivity contribution in [2.75, 3.05) is 19.6 Å². The summed E-state index contributed by atoms with van der Waals surface area (Å²) in [6.07, 6.45) is 3.72. The molecule has 102 valence electrons. The average Bonchev–Trinajstić information content (AvgIpc) is 2.38. The van der Waals surface area contributed by atoms with Gasteiger partial charge in [-0.15, -0.1) is 0 Å². The van der Waals surface area contributed by atoms with Gasteiger partial charge >= 0.3 is 0 Å². The molecule has 0 saturated carbocycles. The van der Waals surface area contributed by atoms with E-state index in [1.54, 1.807) is 0 Å². The number of rotatable bonds is 2. The lowest BCUT2D eigenvalue weighted by Crippen LogP contribution is -2.53. The second kappa shape index (κ2) is 5.69. The van der Waals surface area contributed by atoms with Gasteiger partial charge < -0.3 is 16.0 Å². The van der Waals surface area contributed by atoms with E-state index in [0.717, 1.165) is 38.8 Å². The standard InChI is InChI=1S/C13H23N3O2/c1-9-4-5-15-11(7-9)13(18)16-6-2-3-10(8-16)12(14)17/h9-11,15H,2-8H2,1H3,(H2,14,17). The van der Waals surface area contributed by atoms with Crippen molar-refractivity contribution in [3.8, 4) is 0 Å². The van der Waals surface area contributed by atoms with Crippen molar-refractivity contribution in [2.24, 2.45) is 17.6 Å². The molecule has 2 amide bonds. The molecule has 5 nitrogen and oxygen atoms in total. The lowest BCUT2D eigenvalue weighted by Gasteiger charge is -2.36. The maximum atomic E-state index is 12.4. The second-order valence-corrected chi connectivity index (χ2v) is 5.66. The van der Waals surface area contributed by atoms with Gasteiger partial charge in [0, 0.05) is 13.1 Å². The molecule has 2 aliphatic rings. The number of primary amides is 1. The van der Waals surface area contributed by atoms with E-state index in [9.17, 15) is 9.59 Å². The number of likely N-dealkylation sites (tertiary alicyclic amines) is 1. The maximum Gasteiger partial charge on any atom is 0.239 e. The summed E-state index contributed by atoms with van der Waals surface area (Å²) < 4.78 is 0. The van der Waals surface area contributed by atoms with Crippen LogP contribution in [0.25, 0.3) is 0 Å². The average molecular weight is 253 g/mol. The largest absolute Gasteiger partial charge is 0.369 e. The third-order valence-corrected chi connectivity index (χ3v) is 4.10. The van der Waals surface area contributed by atoms with Crippen LogP contribution >= 0.6 is 0 Å². The molecule has 2 fully saturated rings. The fraction of sp³-hybridized carbons (Fsp3) is 0.846. The Kier molecular flexibility index (Phi) is 4.22. The van der Waals surface area contributed by atoms with Crippen LogP contribution in [0.3, 0.4) is 0 Å². The number of carbonyl (C=O) groups is 2. The number of piperidine rings is 2. The van der Waals surface area contributed by atoms with E-state index in [1.807, 2.05) is 4.90 Å². The highest BCUT2D eigenvalue weighted by Gasteiger charge is 2.32. The highest BCUT2D eigenvalue weighted by Crippen LogP contribution is 2.21. The molecule has 5 heteroatoms. The van der Waals surface area contributed by atoms with Crippen LogP contribution in [-0.4, -0.2) is 42.4 Å². The van der Waals surface area contributed by atoms with Crippen LogP contribution in [0.1, 0.15) is 32.6 Å². The molecule has 0 aliphatic carbocycles. The summed E-state index contributed by atoms with van der Waals surface area (Å²) >= 11 is 0. The lowest BCUT2D eigenvalue weighted by molar-refractivity contribution is -0.137. The number of hydrogen-bond donors (Lipinski definition) is 2. The summed E-state index contributed by atoms with van der Waals surface area (Å²) in [5.74, 6) is 0.297. The van der Waals surface area contributed by atoms with E-state index in [1.165, 1.54) is 0 Å². The quantitative estimate of drug-likeness (QED) is 0.733. The molecule has 3 atom stereocenters. The van der Waals surface area contributed by atoms with Crippen LogP contribution in [-0.2, 0) is 9.59 Å². The SMILES string of the molecule is CC1CCNC(C(=O)N2CCCC(C(N)=O)C2)C1. The fourth-order valence-electron chi connectivity index (χ4n) is 2.93. The Morgan fingerprint density at radius 2 is 2.11 bits per heavy atom. The van der Waals surface area contributed by atoms with Crippen molar-refractivity contribution in [3.63, 3.8) is 0 Å². The molecule has 0 aromatic heterocycles. The third kappa shape index (κ3) is 3.02. The van der Waals surface area contributed by atoms with E-state index < -0.39 is 0 Å². The zero-order valence-electron chi connectivity index (χ0n) is 11.0. The molecule has 0 aromatic rings. The van der Waals surface area contributed by atoms with Crippen LogP contribution in [0, 0.1) is 11.8 Å². The van der Waals surface area contributed by atoms with Crippen molar-refractivity contribution < 1.29 is 9.59 Å². The normalized spacial score (nSPS) is 33.2. The molecule has 0 radical (unpaired) electrons. The smallest absolute Gasteiger partial charge is 0.239 e. The Hall–Kier alpha value is -1.10. The summed E-state index contributed by atoms with van der Waals surface area (Å²) in [6.45, 7) is 4.35. The predicted molar refractivity (Wildman–Crippen MR) is 68.7 cm³/mol. The molecule has 3 unspecified atom stereocenters. The van der Waals surface area contributed by atoms with Crippen LogP contribution < -0.4 is 11.1 Å². The second-order valence-electron chi connectivity index (χ2n) is 5.66. The molecule has 0 bridgehead atoms. The summed E-state index contributed by atoms with van der Waals surface area (Å²) in [5, 5.41) is 3.28. The first-order valence-electron chi connectivity index (χ1n) is 6.89. The molecule has 0 spiro atoms. The summed E-state index contributed by atoms with van der Waals surface area (Å²) in [4.78, 5) is 25.4. The third-order valence-electron chi connectivity index (χ3n) is 4.10. The first kappa shape index (κ1) is 13.3. The van der Waals surface area contributed by atoms with E-state index in [4.69, 9.17) is 5.73 Å². The van der Waals surface area contributed by atoms with Gasteiger partial charge in [0.15, 0.2) is 0 Å². The van der Waals surface area contributed by atoms with E-state index >= 15 is 0 Å². The van der Waals surface area contributed by atoms with Gasteiger partial charge in [-0.05, 0) is 38.1 Å². The van der Waals surface area contributed by atoms with Crippen LogP contribution in [0.5, 0.6) is 0 Å². The monoisotopic (exact) mass is 253 g/mol. The van der Waals surface area contributed by atoms with Gasteiger partial charge in [0.25, 0.3) is 0 Å². The number of nitrogens with one attached hydrogen (secondary N) is 1. The Labute approximate surface area is 108 Å².